The highest BCUT2D eigenvalue weighted by atomic mass is 19.1. The number of carbonyl (C=O) groups is 1. The summed E-state index contributed by atoms with van der Waals surface area (Å²) < 4.78 is 20.0. The number of rotatable bonds is 5. The molecule has 1 aromatic heterocycles. The highest BCUT2D eigenvalue weighted by molar-refractivity contribution is 5.88. The van der Waals surface area contributed by atoms with Crippen molar-refractivity contribution in [1.29, 1.82) is 0 Å². The highest BCUT2D eigenvalue weighted by Crippen LogP contribution is 2.21. The third-order valence-corrected chi connectivity index (χ3v) is 2.79. The van der Waals surface area contributed by atoms with Gasteiger partial charge < -0.3 is 4.74 Å². The van der Waals surface area contributed by atoms with Crippen molar-refractivity contribution in [2.45, 2.75) is 26.6 Å². The van der Waals surface area contributed by atoms with Crippen LogP contribution in [0.15, 0.2) is 30.3 Å². The lowest BCUT2D eigenvalue weighted by Gasteiger charge is -2.08. The van der Waals surface area contributed by atoms with E-state index in [4.69, 9.17) is 4.74 Å². The Morgan fingerprint density at radius 2 is 2.10 bits per heavy atom. The number of ether oxygens (including phenoxy) is 1. The van der Waals surface area contributed by atoms with E-state index in [2.05, 4.69) is 10.3 Å². The van der Waals surface area contributed by atoms with Crippen LogP contribution in [0.3, 0.4) is 0 Å². The fourth-order valence-electron chi connectivity index (χ4n) is 1.93. The number of hydrogen-bond donors (Lipinski definition) is 0. The molecule has 0 saturated heterocycles. The third-order valence-electron chi connectivity index (χ3n) is 2.79. The molecule has 0 saturated carbocycles. The van der Waals surface area contributed by atoms with E-state index in [1.165, 1.54) is 11.6 Å². The number of nitrogens with zero attached hydrogens (tertiary/aromatic N) is 3. The van der Waals surface area contributed by atoms with Gasteiger partial charge in [0.2, 0.25) is 0 Å². The van der Waals surface area contributed by atoms with Gasteiger partial charge in [0.1, 0.15) is 11.9 Å². The Labute approximate surface area is 116 Å². The zero-order valence-corrected chi connectivity index (χ0v) is 11.4. The van der Waals surface area contributed by atoms with Crippen LogP contribution in [0.1, 0.15) is 41.8 Å². The van der Waals surface area contributed by atoms with Gasteiger partial charge in [0.05, 0.1) is 13.2 Å². The number of esters is 1. The van der Waals surface area contributed by atoms with E-state index in [-0.39, 0.29) is 18.0 Å². The molecule has 0 bridgehead atoms. The molecule has 0 aliphatic carbocycles. The Hall–Kier alpha value is -2.24. The van der Waals surface area contributed by atoms with Gasteiger partial charge in [-0.15, -0.1) is 5.10 Å². The average molecular weight is 277 g/mol. The van der Waals surface area contributed by atoms with E-state index in [9.17, 15) is 9.18 Å². The van der Waals surface area contributed by atoms with Crippen molar-refractivity contribution < 1.29 is 13.9 Å². The predicted molar refractivity (Wildman–Crippen MR) is 71.0 cm³/mol. The highest BCUT2D eigenvalue weighted by Gasteiger charge is 2.25. The van der Waals surface area contributed by atoms with Gasteiger partial charge in [0, 0.05) is 0 Å². The molecule has 1 atom stereocenters. The summed E-state index contributed by atoms with van der Waals surface area (Å²) in [6, 6.07) is 9.47. The summed E-state index contributed by atoms with van der Waals surface area (Å²) in [6.07, 6.45) is -1.35. The number of benzene rings is 1. The van der Waals surface area contributed by atoms with E-state index >= 15 is 0 Å². The molecule has 0 N–H and O–H groups in total. The maximum absolute atomic E-state index is 13.8. The van der Waals surface area contributed by atoms with Crippen molar-refractivity contribution in [2.24, 2.45) is 0 Å². The van der Waals surface area contributed by atoms with Crippen LogP contribution in [-0.4, -0.2) is 27.6 Å². The lowest BCUT2D eigenvalue weighted by atomic mass is 10.2. The average Bonchev–Trinajstić information content (AvgIpc) is 2.84. The standard InChI is InChI=1S/C14H16FN3O2/c1-3-20-14(19)12-13(10(2)15)18(17-16-12)9-11-7-5-4-6-8-11/h4-8,10H,3,9H2,1-2H3/t10-/m1/s1. The Morgan fingerprint density at radius 1 is 1.40 bits per heavy atom. The topological polar surface area (TPSA) is 57.0 Å². The minimum Gasteiger partial charge on any atom is -0.461 e. The first-order valence-electron chi connectivity index (χ1n) is 6.42. The van der Waals surface area contributed by atoms with Gasteiger partial charge >= 0.3 is 5.97 Å². The van der Waals surface area contributed by atoms with E-state index in [1.807, 2.05) is 30.3 Å². The fourth-order valence-corrected chi connectivity index (χ4v) is 1.93. The summed E-state index contributed by atoms with van der Waals surface area (Å²) in [5.41, 5.74) is 1.04. The Kier molecular flexibility index (Phi) is 4.45. The van der Waals surface area contributed by atoms with Gasteiger partial charge in [-0.2, -0.15) is 0 Å². The van der Waals surface area contributed by atoms with Crippen molar-refractivity contribution in [3.63, 3.8) is 0 Å². The minimum absolute atomic E-state index is 0.0576. The van der Waals surface area contributed by atoms with E-state index in [1.54, 1.807) is 6.92 Å². The molecule has 2 rings (SSSR count). The lowest BCUT2D eigenvalue weighted by Crippen LogP contribution is -2.12. The van der Waals surface area contributed by atoms with E-state index in [0.29, 0.717) is 6.54 Å². The second-order valence-electron chi connectivity index (χ2n) is 4.30. The summed E-state index contributed by atoms with van der Waals surface area (Å²) in [5.74, 6) is -0.647. The Bertz CT molecular complexity index is 581. The summed E-state index contributed by atoms with van der Waals surface area (Å²) >= 11 is 0. The van der Waals surface area contributed by atoms with Crippen molar-refractivity contribution in [3.05, 3.63) is 47.3 Å². The molecule has 1 heterocycles. The van der Waals surface area contributed by atoms with E-state index in [0.717, 1.165) is 5.56 Å². The molecular formula is C14H16FN3O2. The SMILES string of the molecule is CCOC(=O)c1nnn(Cc2ccccc2)c1[C@@H](C)F. The summed E-state index contributed by atoms with van der Waals surface area (Å²) in [4.78, 5) is 11.7. The van der Waals surface area contributed by atoms with Crippen LogP contribution in [-0.2, 0) is 11.3 Å². The monoisotopic (exact) mass is 277 g/mol. The third kappa shape index (κ3) is 3.01. The second kappa shape index (κ2) is 6.27. The number of carbonyl (C=O) groups excluding carboxylic acids is 1. The van der Waals surface area contributed by atoms with Crippen LogP contribution in [0.4, 0.5) is 4.39 Å². The fraction of sp³-hybridized carbons (Fsp3) is 0.357. The largest absolute Gasteiger partial charge is 0.461 e. The van der Waals surface area contributed by atoms with Crippen LogP contribution >= 0.6 is 0 Å². The molecule has 0 radical (unpaired) electrons. The maximum Gasteiger partial charge on any atom is 0.360 e. The van der Waals surface area contributed by atoms with Gasteiger partial charge in [-0.1, -0.05) is 35.5 Å². The molecule has 2 aromatic rings. The molecule has 0 amide bonds. The van der Waals surface area contributed by atoms with Gasteiger partial charge in [0.25, 0.3) is 0 Å². The number of alkyl halides is 1. The smallest absolute Gasteiger partial charge is 0.360 e. The molecule has 106 valence electrons. The van der Waals surface area contributed by atoms with Crippen LogP contribution in [0.2, 0.25) is 0 Å². The van der Waals surface area contributed by atoms with Gasteiger partial charge in [-0.05, 0) is 19.4 Å². The first-order chi connectivity index (χ1) is 9.63. The molecule has 5 nitrogen and oxygen atoms in total. The first-order valence-corrected chi connectivity index (χ1v) is 6.42. The molecule has 20 heavy (non-hydrogen) atoms. The zero-order valence-electron chi connectivity index (χ0n) is 11.4. The van der Waals surface area contributed by atoms with Crippen molar-refractivity contribution in [1.82, 2.24) is 15.0 Å². The molecule has 1 aromatic carbocycles. The van der Waals surface area contributed by atoms with Crippen LogP contribution in [0.25, 0.3) is 0 Å². The molecular weight excluding hydrogens is 261 g/mol. The van der Waals surface area contributed by atoms with Crippen LogP contribution in [0.5, 0.6) is 0 Å². The number of halogens is 1. The van der Waals surface area contributed by atoms with E-state index < -0.39 is 12.1 Å². The van der Waals surface area contributed by atoms with Gasteiger partial charge in [-0.25, -0.2) is 13.9 Å². The zero-order chi connectivity index (χ0) is 14.5. The first kappa shape index (κ1) is 14.2. The molecule has 0 fully saturated rings. The van der Waals surface area contributed by atoms with Gasteiger partial charge in [-0.3, -0.25) is 0 Å². The lowest BCUT2D eigenvalue weighted by molar-refractivity contribution is 0.0515. The Balaban J connectivity index is 2.32. The van der Waals surface area contributed by atoms with Crippen LogP contribution in [0, 0.1) is 0 Å². The normalized spacial score (nSPS) is 12.2. The van der Waals surface area contributed by atoms with Crippen LogP contribution < -0.4 is 0 Å². The van der Waals surface area contributed by atoms with Crippen molar-refractivity contribution in [2.75, 3.05) is 6.61 Å². The second-order valence-corrected chi connectivity index (χ2v) is 4.30. The minimum atomic E-state index is -1.35. The predicted octanol–water partition coefficient (Wildman–Crippen LogP) is 2.53. The van der Waals surface area contributed by atoms with Crippen molar-refractivity contribution in [3.8, 4) is 0 Å². The number of hydrogen-bond acceptors (Lipinski definition) is 4. The number of aromatic nitrogens is 3. The molecule has 0 aliphatic heterocycles. The molecule has 0 unspecified atom stereocenters. The van der Waals surface area contributed by atoms with Crippen molar-refractivity contribution >= 4 is 5.97 Å². The molecule has 0 spiro atoms. The molecule has 6 heteroatoms. The quantitative estimate of drug-likeness (QED) is 0.788. The molecule has 0 aliphatic rings. The maximum atomic E-state index is 13.8. The van der Waals surface area contributed by atoms with Gasteiger partial charge in [0.15, 0.2) is 5.69 Å². The summed E-state index contributed by atoms with van der Waals surface area (Å²) in [5, 5.41) is 7.61. The Morgan fingerprint density at radius 3 is 2.70 bits per heavy atom. The summed E-state index contributed by atoms with van der Waals surface area (Å²) in [7, 11) is 0. The summed E-state index contributed by atoms with van der Waals surface area (Å²) in [6.45, 7) is 3.61.